The Morgan fingerprint density at radius 2 is 1.89 bits per heavy atom. The van der Waals surface area contributed by atoms with Crippen LogP contribution in [-0.4, -0.2) is 35.1 Å². The Bertz CT molecular complexity index is 252. The molecule has 0 aromatic rings. The standard InChI is InChI=1S/C15H29NO2/c1-15(2,18)12-16(3)14(17)11-7-10-13-8-5-4-6-9-13/h13,18H,4-12H2,1-3H3. The number of nitrogens with zero attached hydrogens (tertiary/aromatic N) is 1. The van der Waals surface area contributed by atoms with Crippen LogP contribution in [0.2, 0.25) is 0 Å². The van der Waals surface area contributed by atoms with Crippen molar-refractivity contribution >= 4 is 5.91 Å². The van der Waals surface area contributed by atoms with Crippen LogP contribution in [0.15, 0.2) is 0 Å². The number of rotatable bonds is 6. The summed E-state index contributed by atoms with van der Waals surface area (Å²) in [6.07, 6.45) is 9.67. The van der Waals surface area contributed by atoms with Gasteiger partial charge in [-0.15, -0.1) is 0 Å². The lowest BCUT2D eigenvalue weighted by Crippen LogP contribution is -2.39. The van der Waals surface area contributed by atoms with Crippen LogP contribution in [0.4, 0.5) is 0 Å². The smallest absolute Gasteiger partial charge is 0.222 e. The first-order valence-electron chi connectivity index (χ1n) is 7.35. The fraction of sp³-hybridized carbons (Fsp3) is 0.933. The molecule has 0 saturated heterocycles. The van der Waals surface area contributed by atoms with Crippen LogP contribution in [0.25, 0.3) is 0 Å². The van der Waals surface area contributed by atoms with Gasteiger partial charge >= 0.3 is 0 Å². The number of carbonyl (C=O) groups excluding carboxylic acids is 1. The number of hydrogen-bond donors (Lipinski definition) is 1. The minimum atomic E-state index is -0.798. The van der Waals surface area contributed by atoms with E-state index in [1.54, 1.807) is 25.8 Å². The molecule has 0 aromatic carbocycles. The average molecular weight is 255 g/mol. The van der Waals surface area contributed by atoms with E-state index in [1.807, 2.05) is 0 Å². The van der Waals surface area contributed by atoms with Gasteiger partial charge in [-0.1, -0.05) is 32.1 Å². The summed E-state index contributed by atoms with van der Waals surface area (Å²) >= 11 is 0. The highest BCUT2D eigenvalue weighted by Gasteiger charge is 2.19. The van der Waals surface area contributed by atoms with E-state index in [9.17, 15) is 9.90 Å². The van der Waals surface area contributed by atoms with E-state index < -0.39 is 5.60 Å². The predicted molar refractivity (Wildman–Crippen MR) is 74.4 cm³/mol. The zero-order chi connectivity index (χ0) is 13.6. The van der Waals surface area contributed by atoms with Gasteiger partial charge in [0.15, 0.2) is 0 Å². The Morgan fingerprint density at radius 1 is 1.28 bits per heavy atom. The number of aliphatic hydroxyl groups is 1. The van der Waals surface area contributed by atoms with Gasteiger partial charge in [-0.05, 0) is 32.6 Å². The number of amides is 1. The molecule has 1 N–H and O–H groups in total. The summed E-state index contributed by atoms with van der Waals surface area (Å²) in [5, 5.41) is 9.67. The number of likely N-dealkylation sites (N-methyl/N-ethyl adjacent to an activating group) is 1. The zero-order valence-electron chi connectivity index (χ0n) is 12.2. The van der Waals surface area contributed by atoms with E-state index in [1.165, 1.54) is 38.5 Å². The van der Waals surface area contributed by atoms with Crippen molar-refractivity contribution in [3.8, 4) is 0 Å². The Kier molecular flexibility index (Phi) is 6.13. The summed E-state index contributed by atoms with van der Waals surface area (Å²) in [6.45, 7) is 3.88. The molecule has 0 spiro atoms. The molecule has 3 heteroatoms. The van der Waals surface area contributed by atoms with Gasteiger partial charge in [0.05, 0.1) is 5.60 Å². The van der Waals surface area contributed by atoms with Crippen LogP contribution >= 0.6 is 0 Å². The van der Waals surface area contributed by atoms with E-state index in [2.05, 4.69) is 0 Å². The van der Waals surface area contributed by atoms with Gasteiger partial charge in [-0.2, -0.15) is 0 Å². The fourth-order valence-corrected chi connectivity index (χ4v) is 2.88. The summed E-state index contributed by atoms with van der Waals surface area (Å²) in [6, 6.07) is 0. The molecule has 0 aromatic heterocycles. The maximum Gasteiger partial charge on any atom is 0.222 e. The molecule has 1 fully saturated rings. The third kappa shape index (κ3) is 6.39. The highest BCUT2D eigenvalue weighted by Crippen LogP contribution is 2.27. The van der Waals surface area contributed by atoms with Gasteiger partial charge in [-0.3, -0.25) is 4.79 Å². The second-order valence-corrected chi connectivity index (χ2v) is 6.46. The van der Waals surface area contributed by atoms with Crippen LogP contribution in [-0.2, 0) is 4.79 Å². The van der Waals surface area contributed by atoms with E-state index in [0.717, 1.165) is 12.3 Å². The molecule has 106 valence electrons. The highest BCUT2D eigenvalue weighted by molar-refractivity contribution is 5.75. The third-order valence-electron chi connectivity index (χ3n) is 3.78. The van der Waals surface area contributed by atoms with Crippen LogP contribution in [0.5, 0.6) is 0 Å². The SMILES string of the molecule is CN(CC(C)(C)O)C(=O)CCCC1CCCCC1. The molecule has 0 bridgehead atoms. The van der Waals surface area contributed by atoms with Gasteiger partial charge < -0.3 is 10.0 Å². The van der Waals surface area contributed by atoms with Gasteiger partial charge in [-0.25, -0.2) is 0 Å². The Morgan fingerprint density at radius 3 is 2.44 bits per heavy atom. The van der Waals surface area contributed by atoms with Crippen molar-refractivity contribution < 1.29 is 9.90 Å². The summed E-state index contributed by atoms with van der Waals surface area (Å²) in [5.41, 5.74) is -0.798. The molecular weight excluding hydrogens is 226 g/mol. The lowest BCUT2D eigenvalue weighted by Gasteiger charge is -2.26. The van der Waals surface area contributed by atoms with Crippen LogP contribution in [0.3, 0.4) is 0 Å². The third-order valence-corrected chi connectivity index (χ3v) is 3.78. The molecular formula is C15H29NO2. The average Bonchev–Trinajstić information content (AvgIpc) is 2.28. The molecule has 1 saturated carbocycles. The first-order valence-corrected chi connectivity index (χ1v) is 7.35. The fourth-order valence-electron chi connectivity index (χ4n) is 2.88. The van der Waals surface area contributed by atoms with Crippen LogP contribution < -0.4 is 0 Å². The summed E-state index contributed by atoms with van der Waals surface area (Å²) < 4.78 is 0. The monoisotopic (exact) mass is 255 g/mol. The van der Waals surface area contributed by atoms with E-state index in [0.29, 0.717) is 13.0 Å². The lowest BCUT2D eigenvalue weighted by molar-refractivity contribution is -0.132. The number of hydrogen-bond acceptors (Lipinski definition) is 2. The molecule has 3 nitrogen and oxygen atoms in total. The Hall–Kier alpha value is -0.570. The van der Waals surface area contributed by atoms with Crippen molar-refractivity contribution in [2.75, 3.05) is 13.6 Å². The first kappa shape index (κ1) is 15.5. The maximum atomic E-state index is 11.9. The zero-order valence-corrected chi connectivity index (χ0v) is 12.2. The van der Waals surface area contributed by atoms with Gasteiger partial charge in [0.1, 0.15) is 0 Å². The second-order valence-electron chi connectivity index (χ2n) is 6.46. The van der Waals surface area contributed by atoms with Crippen molar-refractivity contribution in [2.24, 2.45) is 5.92 Å². The molecule has 1 rings (SSSR count). The van der Waals surface area contributed by atoms with Crippen LogP contribution in [0.1, 0.15) is 65.2 Å². The minimum Gasteiger partial charge on any atom is -0.389 e. The number of carbonyl (C=O) groups is 1. The van der Waals surface area contributed by atoms with Crippen molar-refractivity contribution in [1.29, 1.82) is 0 Å². The Labute approximate surface area is 112 Å². The van der Waals surface area contributed by atoms with Crippen molar-refractivity contribution in [3.05, 3.63) is 0 Å². The topological polar surface area (TPSA) is 40.5 Å². The highest BCUT2D eigenvalue weighted by atomic mass is 16.3. The van der Waals surface area contributed by atoms with Gasteiger partial charge in [0.2, 0.25) is 5.91 Å². The molecule has 0 atom stereocenters. The molecule has 0 radical (unpaired) electrons. The van der Waals surface area contributed by atoms with Crippen molar-refractivity contribution in [1.82, 2.24) is 4.90 Å². The summed E-state index contributed by atoms with van der Waals surface area (Å²) in [5.74, 6) is 1.01. The molecule has 0 heterocycles. The molecule has 18 heavy (non-hydrogen) atoms. The largest absolute Gasteiger partial charge is 0.389 e. The van der Waals surface area contributed by atoms with Gasteiger partial charge in [0, 0.05) is 20.0 Å². The normalized spacial score (nSPS) is 17.8. The molecule has 0 unspecified atom stereocenters. The Balaban J connectivity index is 2.15. The molecule has 1 amide bonds. The molecule has 0 aliphatic heterocycles. The van der Waals surface area contributed by atoms with Crippen molar-refractivity contribution in [3.63, 3.8) is 0 Å². The summed E-state index contributed by atoms with van der Waals surface area (Å²) in [7, 11) is 1.78. The van der Waals surface area contributed by atoms with E-state index >= 15 is 0 Å². The van der Waals surface area contributed by atoms with Gasteiger partial charge in [0.25, 0.3) is 0 Å². The lowest BCUT2D eigenvalue weighted by atomic mass is 9.86. The molecule has 1 aliphatic carbocycles. The minimum absolute atomic E-state index is 0.160. The first-order chi connectivity index (χ1) is 8.38. The maximum absolute atomic E-state index is 11.9. The van der Waals surface area contributed by atoms with Crippen LogP contribution in [0, 0.1) is 5.92 Å². The predicted octanol–water partition coefficient (Wildman–Crippen LogP) is 2.97. The quantitative estimate of drug-likeness (QED) is 0.792. The second kappa shape index (κ2) is 7.13. The van der Waals surface area contributed by atoms with E-state index in [4.69, 9.17) is 0 Å². The van der Waals surface area contributed by atoms with E-state index in [-0.39, 0.29) is 5.91 Å². The summed E-state index contributed by atoms with van der Waals surface area (Å²) in [4.78, 5) is 13.5. The van der Waals surface area contributed by atoms with Crippen molar-refractivity contribution in [2.45, 2.75) is 70.8 Å². The molecule has 1 aliphatic rings.